The minimum atomic E-state index is -4.94. The van der Waals surface area contributed by atoms with Crippen molar-refractivity contribution in [1.29, 1.82) is 0 Å². The zero-order valence-corrected chi connectivity index (χ0v) is 11.2. The molecule has 0 aromatic rings. The Morgan fingerprint density at radius 1 is 1.40 bits per heavy atom. The third-order valence-corrected chi connectivity index (χ3v) is 4.21. The van der Waals surface area contributed by atoms with Gasteiger partial charge >= 0.3 is 6.18 Å². The second-order valence-corrected chi connectivity index (χ2v) is 5.59. The Bertz CT molecular complexity index is 395. The Hall–Kier alpha value is -0.550. The van der Waals surface area contributed by atoms with E-state index in [4.69, 9.17) is 4.74 Å². The summed E-state index contributed by atoms with van der Waals surface area (Å²) in [6.07, 6.45) is -13.1. The number of thioether (sulfide) groups is 1. The number of nitrogens with zero attached hydrogens (tertiary/aromatic N) is 1. The molecule has 2 aliphatic rings. The van der Waals surface area contributed by atoms with Crippen LogP contribution in [0, 0.1) is 0 Å². The fraction of sp³-hybridized carbons (Fsp3) is 0.900. The van der Waals surface area contributed by atoms with Crippen LogP contribution in [-0.4, -0.2) is 69.1 Å². The number of rotatable bonds is 2. The van der Waals surface area contributed by atoms with Gasteiger partial charge in [0, 0.05) is 6.54 Å². The normalized spacial score (nSPS) is 41.4. The fourth-order valence-corrected chi connectivity index (χ4v) is 3.29. The highest BCUT2D eigenvalue weighted by Gasteiger charge is 2.56. The summed E-state index contributed by atoms with van der Waals surface area (Å²) in [5, 5.41) is 32.0. The number of aliphatic hydroxyl groups excluding tert-OH is 3. The van der Waals surface area contributed by atoms with E-state index < -0.39 is 42.1 Å². The number of hydrogen-bond acceptors (Lipinski definition) is 6. The molecule has 0 bridgehead atoms. The molecule has 20 heavy (non-hydrogen) atoms. The molecule has 6 atom stereocenters. The second kappa shape index (κ2) is 5.68. The lowest BCUT2D eigenvalue weighted by Gasteiger charge is -2.40. The van der Waals surface area contributed by atoms with Crippen molar-refractivity contribution in [2.24, 2.45) is 4.99 Å². The predicted octanol–water partition coefficient (Wildman–Crippen LogP) is -0.563. The van der Waals surface area contributed by atoms with Gasteiger partial charge in [0.1, 0.15) is 23.7 Å². The van der Waals surface area contributed by atoms with Crippen LogP contribution in [-0.2, 0) is 4.74 Å². The lowest BCUT2D eigenvalue weighted by atomic mass is 9.94. The van der Waals surface area contributed by atoms with Gasteiger partial charge < -0.3 is 25.4 Å². The van der Waals surface area contributed by atoms with Crippen LogP contribution in [0.25, 0.3) is 0 Å². The number of amidine groups is 1. The molecule has 0 aromatic heterocycles. The highest BCUT2D eigenvalue weighted by molar-refractivity contribution is 8.14. The van der Waals surface area contributed by atoms with E-state index >= 15 is 0 Å². The summed E-state index contributed by atoms with van der Waals surface area (Å²) in [6, 6.07) is -0.767. The van der Waals surface area contributed by atoms with E-state index in [-0.39, 0.29) is 0 Å². The molecule has 6 nitrogen and oxygen atoms in total. The van der Waals surface area contributed by atoms with Gasteiger partial charge in [0.05, 0.1) is 6.04 Å². The van der Waals surface area contributed by atoms with Gasteiger partial charge in [-0.2, -0.15) is 13.2 Å². The Labute approximate surface area is 117 Å². The standard InChI is InChI=1S/C10H15F3N2O4S/c1-2-14-9-15-3-4(16)5(17)6(19-8(3)20-9)7(18)10(11,12)13/h3-8,16-18H,2H2,1H3,(H,14,15). The molecule has 0 spiro atoms. The van der Waals surface area contributed by atoms with Gasteiger partial charge in [-0.25, -0.2) is 0 Å². The Morgan fingerprint density at radius 2 is 2.05 bits per heavy atom. The minimum absolute atomic E-state index is 0.427. The van der Waals surface area contributed by atoms with Gasteiger partial charge in [-0.1, -0.05) is 11.8 Å². The predicted molar refractivity (Wildman–Crippen MR) is 65.2 cm³/mol. The maximum atomic E-state index is 12.5. The van der Waals surface area contributed by atoms with Crippen LogP contribution in [0.2, 0.25) is 0 Å². The van der Waals surface area contributed by atoms with Crippen molar-refractivity contribution < 1.29 is 33.2 Å². The molecular formula is C10H15F3N2O4S. The molecule has 0 saturated carbocycles. The lowest BCUT2D eigenvalue weighted by molar-refractivity contribution is -0.272. The lowest BCUT2D eigenvalue weighted by Crippen LogP contribution is -2.63. The largest absolute Gasteiger partial charge is 0.417 e. The van der Waals surface area contributed by atoms with E-state index in [0.29, 0.717) is 11.7 Å². The molecule has 4 N–H and O–H groups in total. The molecule has 0 radical (unpaired) electrons. The van der Waals surface area contributed by atoms with Crippen molar-refractivity contribution in [2.45, 2.75) is 49.0 Å². The Morgan fingerprint density at radius 3 is 2.60 bits per heavy atom. The van der Waals surface area contributed by atoms with Crippen molar-refractivity contribution >= 4 is 16.9 Å². The number of aliphatic imine (C=N–C) groups is 1. The SMILES string of the molecule is CCN=C1NC2C(OC(C(O)C(F)(F)F)C(O)C2O)S1. The van der Waals surface area contributed by atoms with Crippen molar-refractivity contribution in [3.05, 3.63) is 0 Å². The van der Waals surface area contributed by atoms with Gasteiger partial charge in [0.2, 0.25) is 0 Å². The molecule has 0 aliphatic carbocycles. The van der Waals surface area contributed by atoms with Crippen molar-refractivity contribution in [2.75, 3.05) is 6.54 Å². The van der Waals surface area contributed by atoms with Gasteiger partial charge in [0.15, 0.2) is 11.3 Å². The number of nitrogens with one attached hydrogen (secondary N) is 1. The van der Waals surface area contributed by atoms with E-state index in [9.17, 15) is 28.5 Å². The first-order valence-corrected chi connectivity index (χ1v) is 6.87. The monoisotopic (exact) mass is 316 g/mol. The van der Waals surface area contributed by atoms with Crippen LogP contribution in [0.4, 0.5) is 13.2 Å². The van der Waals surface area contributed by atoms with Crippen LogP contribution >= 0.6 is 11.8 Å². The number of halogens is 3. The molecule has 0 amide bonds. The summed E-state index contributed by atoms with van der Waals surface area (Å²) in [6.45, 7) is 2.24. The highest BCUT2D eigenvalue weighted by atomic mass is 32.2. The maximum absolute atomic E-state index is 12.5. The molecule has 2 aliphatic heterocycles. The van der Waals surface area contributed by atoms with Crippen LogP contribution in [0.15, 0.2) is 4.99 Å². The smallest absolute Gasteiger partial charge is 0.388 e. The number of hydrogen-bond donors (Lipinski definition) is 4. The fourth-order valence-electron chi connectivity index (χ4n) is 2.10. The van der Waals surface area contributed by atoms with Crippen molar-refractivity contribution in [3.63, 3.8) is 0 Å². The molecule has 2 rings (SSSR count). The summed E-state index contributed by atoms with van der Waals surface area (Å²) in [5.41, 5.74) is -0.847. The van der Waals surface area contributed by atoms with Crippen molar-refractivity contribution in [3.8, 4) is 0 Å². The maximum Gasteiger partial charge on any atom is 0.417 e. The average Bonchev–Trinajstić information content (AvgIpc) is 2.75. The molecule has 2 fully saturated rings. The molecule has 10 heteroatoms. The summed E-state index contributed by atoms with van der Waals surface area (Å²) in [5.74, 6) is 0. The van der Waals surface area contributed by atoms with Crippen molar-refractivity contribution in [1.82, 2.24) is 5.32 Å². The van der Waals surface area contributed by atoms with Gasteiger partial charge in [-0.3, -0.25) is 4.99 Å². The van der Waals surface area contributed by atoms with E-state index in [1.54, 1.807) is 6.92 Å². The van der Waals surface area contributed by atoms with Gasteiger partial charge in [-0.05, 0) is 6.92 Å². The van der Waals surface area contributed by atoms with E-state index in [0.717, 1.165) is 11.8 Å². The van der Waals surface area contributed by atoms with Gasteiger partial charge in [-0.15, -0.1) is 0 Å². The number of alkyl halides is 3. The van der Waals surface area contributed by atoms with E-state index in [2.05, 4.69) is 10.3 Å². The molecule has 116 valence electrons. The third kappa shape index (κ3) is 2.89. The minimum Gasteiger partial charge on any atom is -0.388 e. The van der Waals surface area contributed by atoms with Crippen LogP contribution < -0.4 is 5.32 Å². The first kappa shape index (κ1) is 15.8. The molecule has 2 heterocycles. The number of ether oxygens (including phenoxy) is 1. The van der Waals surface area contributed by atoms with Crippen LogP contribution in [0.5, 0.6) is 0 Å². The van der Waals surface area contributed by atoms with E-state index in [1.165, 1.54) is 0 Å². The van der Waals surface area contributed by atoms with Crippen LogP contribution in [0.3, 0.4) is 0 Å². The first-order valence-electron chi connectivity index (χ1n) is 5.99. The highest BCUT2D eigenvalue weighted by Crippen LogP contribution is 2.37. The molecule has 0 aromatic carbocycles. The van der Waals surface area contributed by atoms with Gasteiger partial charge in [0.25, 0.3) is 0 Å². The Kier molecular flexibility index (Phi) is 4.50. The number of aliphatic hydroxyl groups is 3. The zero-order chi connectivity index (χ0) is 15.1. The Balaban J connectivity index is 2.15. The summed E-state index contributed by atoms with van der Waals surface area (Å²) >= 11 is 1.02. The zero-order valence-electron chi connectivity index (χ0n) is 10.4. The summed E-state index contributed by atoms with van der Waals surface area (Å²) in [4.78, 5) is 4.04. The molecule has 6 unspecified atom stereocenters. The summed E-state index contributed by atoms with van der Waals surface area (Å²) in [7, 11) is 0. The quantitative estimate of drug-likeness (QED) is 0.545. The number of fused-ring (bicyclic) bond motifs is 1. The molecular weight excluding hydrogens is 301 g/mol. The third-order valence-electron chi connectivity index (χ3n) is 3.11. The molecule has 2 saturated heterocycles. The topological polar surface area (TPSA) is 94.3 Å². The average molecular weight is 316 g/mol. The summed E-state index contributed by atoms with van der Waals surface area (Å²) < 4.78 is 42.6. The van der Waals surface area contributed by atoms with Crippen LogP contribution in [0.1, 0.15) is 6.92 Å². The first-order chi connectivity index (χ1) is 9.25. The van der Waals surface area contributed by atoms with E-state index in [1.807, 2.05) is 0 Å². The second-order valence-electron chi connectivity index (χ2n) is 4.50.